The number of benzene rings is 6. The normalized spacial score (nSPS) is 23.1. The van der Waals surface area contributed by atoms with E-state index >= 15 is 0 Å². The average molecular weight is 877 g/mol. The van der Waals surface area contributed by atoms with Gasteiger partial charge in [0.15, 0.2) is 12.4 Å². The summed E-state index contributed by atoms with van der Waals surface area (Å²) < 4.78 is 60.2. The van der Waals surface area contributed by atoms with Crippen molar-refractivity contribution in [3.8, 4) is 0 Å². The van der Waals surface area contributed by atoms with Gasteiger partial charge in [0.1, 0.15) is 30.5 Å². The molecule has 1 fully saturated rings. The Balaban J connectivity index is 1.07. The number of methoxy groups -OCH3 is 1. The van der Waals surface area contributed by atoms with Crippen molar-refractivity contribution in [1.82, 2.24) is 0 Å². The molecule has 2 aliphatic heterocycles. The summed E-state index contributed by atoms with van der Waals surface area (Å²) in [4.78, 5) is 0. The van der Waals surface area contributed by atoms with E-state index in [1.54, 1.807) is 7.11 Å². The predicted molar refractivity (Wildman–Crippen MR) is 249 cm³/mol. The Bertz CT molecular complexity index is 2250. The van der Waals surface area contributed by atoms with Gasteiger partial charge in [0.2, 0.25) is 0 Å². The monoisotopic (exact) mass is 876 g/mol. The fraction of sp³-hybridized carbons (Fsp3) is 0.321. The van der Waals surface area contributed by atoms with Crippen LogP contribution in [0.25, 0.3) is 0 Å². The van der Waals surface area contributed by atoms with Crippen LogP contribution in [0.1, 0.15) is 46.2 Å². The number of allylic oxidation sites excluding steroid dienone is 1. The van der Waals surface area contributed by atoms with Crippen molar-refractivity contribution >= 4 is 0 Å². The molecule has 6 aromatic carbocycles. The molecular formula is C56H60O9. The minimum atomic E-state index is -0.737. The van der Waals surface area contributed by atoms with Gasteiger partial charge in [-0.05, 0) is 45.9 Å². The summed E-state index contributed by atoms with van der Waals surface area (Å²) in [5, 5.41) is 0. The first-order valence-electron chi connectivity index (χ1n) is 22.6. The van der Waals surface area contributed by atoms with E-state index in [0.717, 1.165) is 39.1 Å². The Kier molecular flexibility index (Phi) is 17.5. The summed E-state index contributed by atoms with van der Waals surface area (Å²) in [6.45, 7) is 2.59. The molecule has 2 aliphatic rings. The van der Waals surface area contributed by atoms with Crippen molar-refractivity contribution in [3.05, 3.63) is 227 Å². The van der Waals surface area contributed by atoms with Gasteiger partial charge in [-0.3, -0.25) is 0 Å². The maximum absolute atomic E-state index is 6.90. The molecule has 1 saturated heterocycles. The Morgan fingerprint density at radius 2 is 0.785 bits per heavy atom. The first-order valence-corrected chi connectivity index (χ1v) is 22.6. The van der Waals surface area contributed by atoms with Gasteiger partial charge in [-0.2, -0.15) is 0 Å². The van der Waals surface area contributed by atoms with Gasteiger partial charge in [-0.1, -0.05) is 182 Å². The van der Waals surface area contributed by atoms with Crippen molar-refractivity contribution in [2.24, 2.45) is 0 Å². The molecule has 0 bridgehead atoms. The predicted octanol–water partition coefficient (Wildman–Crippen LogP) is 10.6. The molecule has 6 aromatic rings. The van der Waals surface area contributed by atoms with E-state index in [1.165, 1.54) is 0 Å². The second-order valence-corrected chi connectivity index (χ2v) is 16.4. The number of hydrogen-bond acceptors (Lipinski definition) is 9. The summed E-state index contributed by atoms with van der Waals surface area (Å²) in [6.07, 6.45) is -1.14. The SMILES string of the molecule is CO[C@H]1OC(CCC2=CC(OCc3ccccc3)[C@H](OCc3ccccc3)C(COCc3ccccc3)O2)[C@@H](OCc2ccccc2)C(OCc2ccccc2)C1OCc1ccccc1. The second kappa shape index (κ2) is 24.7. The fourth-order valence-electron chi connectivity index (χ4n) is 8.26. The Hall–Kier alpha value is -5.46. The molecule has 8 atom stereocenters. The van der Waals surface area contributed by atoms with Crippen molar-refractivity contribution in [2.45, 2.75) is 102 Å². The summed E-state index contributed by atoms with van der Waals surface area (Å²) in [5.41, 5.74) is 6.33. The highest BCUT2D eigenvalue weighted by atomic mass is 16.7. The topological polar surface area (TPSA) is 83.1 Å². The Labute approximate surface area is 383 Å². The smallest absolute Gasteiger partial charge is 0.186 e. The van der Waals surface area contributed by atoms with Gasteiger partial charge in [0, 0.05) is 13.5 Å². The van der Waals surface area contributed by atoms with Gasteiger partial charge in [-0.15, -0.1) is 0 Å². The van der Waals surface area contributed by atoms with Gasteiger partial charge in [0.05, 0.1) is 58.1 Å². The molecule has 2 heterocycles. The molecular weight excluding hydrogens is 817 g/mol. The van der Waals surface area contributed by atoms with E-state index in [2.05, 4.69) is 66.7 Å². The first kappa shape index (κ1) is 46.1. The van der Waals surface area contributed by atoms with Crippen LogP contribution in [0.2, 0.25) is 0 Å². The molecule has 9 heteroatoms. The molecule has 0 spiro atoms. The van der Waals surface area contributed by atoms with E-state index < -0.39 is 49.0 Å². The highest BCUT2D eigenvalue weighted by Crippen LogP contribution is 2.35. The maximum atomic E-state index is 6.90. The van der Waals surface area contributed by atoms with Gasteiger partial charge in [-0.25, -0.2) is 0 Å². The Morgan fingerprint density at radius 3 is 1.23 bits per heavy atom. The van der Waals surface area contributed by atoms with Crippen LogP contribution >= 0.6 is 0 Å². The third-order valence-corrected chi connectivity index (χ3v) is 11.7. The van der Waals surface area contributed by atoms with Gasteiger partial charge in [0.25, 0.3) is 0 Å². The molecule has 0 aromatic heterocycles. The van der Waals surface area contributed by atoms with Gasteiger partial charge >= 0.3 is 0 Å². The molecule has 8 rings (SSSR count). The molecule has 0 aliphatic carbocycles. The van der Waals surface area contributed by atoms with Crippen LogP contribution < -0.4 is 0 Å². The van der Waals surface area contributed by atoms with Crippen molar-refractivity contribution in [1.29, 1.82) is 0 Å². The lowest BCUT2D eigenvalue weighted by molar-refractivity contribution is -0.318. The third kappa shape index (κ3) is 13.8. The molecule has 0 amide bonds. The van der Waals surface area contributed by atoms with Crippen LogP contribution in [0.3, 0.4) is 0 Å². The average Bonchev–Trinajstić information content (AvgIpc) is 3.37. The minimum Gasteiger partial charge on any atom is -0.490 e. The lowest BCUT2D eigenvalue weighted by Crippen LogP contribution is -2.60. The number of hydrogen-bond donors (Lipinski definition) is 0. The summed E-state index contributed by atoms with van der Waals surface area (Å²) in [7, 11) is 1.65. The van der Waals surface area contributed by atoms with Crippen molar-refractivity contribution in [3.63, 3.8) is 0 Å². The van der Waals surface area contributed by atoms with Crippen LogP contribution in [0.15, 0.2) is 194 Å². The summed E-state index contributed by atoms with van der Waals surface area (Å²) in [6, 6.07) is 60.9. The van der Waals surface area contributed by atoms with Crippen LogP contribution in [-0.4, -0.2) is 62.7 Å². The van der Waals surface area contributed by atoms with E-state index in [4.69, 9.17) is 42.6 Å². The molecule has 0 N–H and O–H groups in total. The molecule has 0 radical (unpaired) electrons. The zero-order valence-corrected chi connectivity index (χ0v) is 37.1. The van der Waals surface area contributed by atoms with E-state index in [0.29, 0.717) is 59.1 Å². The zero-order valence-electron chi connectivity index (χ0n) is 37.1. The highest BCUT2D eigenvalue weighted by Gasteiger charge is 2.49. The molecule has 0 saturated carbocycles. The minimum absolute atomic E-state index is 0.293. The van der Waals surface area contributed by atoms with E-state index in [1.807, 2.05) is 121 Å². The van der Waals surface area contributed by atoms with E-state index in [9.17, 15) is 0 Å². The van der Waals surface area contributed by atoms with Crippen LogP contribution in [0, 0.1) is 0 Å². The lowest BCUT2D eigenvalue weighted by atomic mass is 9.93. The standard InChI is InChI=1S/C56H60O9/c1-57-56-55(63-40-47-30-18-7-19-31-47)54(62-39-46-28-16-6-17-29-46)53(61-38-45-26-14-5-15-27-45)49(65-56)33-32-48-34-50(59-36-43-22-10-3-11-23-43)52(60-37-44-24-12-4-13-25-44)51(64-48)41-58-35-42-20-8-2-9-21-42/h2-31,34,49-56H,32-33,35-41H2,1H3/t49?,50?,51?,52-,53+,54?,55?,56-/m0/s1. The summed E-state index contributed by atoms with van der Waals surface area (Å²) in [5.74, 6) is 0.763. The number of rotatable bonds is 23. The molecule has 5 unspecified atom stereocenters. The van der Waals surface area contributed by atoms with Crippen LogP contribution in [0.4, 0.5) is 0 Å². The van der Waals surface area contributed by atoms with E-state index in [-0.39, 0.29) is 0 Å². The van der Waals surface area contributed by atoms with Crippen molar-refractivity contribution < 1.29 is 42.6 Å². The first-order chi connectivity index (χ1) is 32.2. The molecule has 338 valence electrons. The van der Waals surface area contributed by atoms with Gasteiger partial charge < -0.3 is 42.6 Å². The number of ether oxygens (including phenoxy) is 9. The lowest BCUT2D eigenvalue weighted by Gasteiger charge is -2.46. The largest absolute Gasteiger partial charge is 0.490 e. The van der Waals surface area contributed by atoms with Crippen LogP contribution in [0.5, 0.6) is 0 Å². The quantitative estimate of drug-likeness (QED) is 0.0625. The molecule has 9 nitrogen and oxygen atoms in total. The fourth-order valence-corrected chi connectivity index (χ4v) is 8.26. The second-order valence-electron chi connectivity index (χ2n) is 16.4. The van der Waals surface area contributed by atoms with Crippen molar-refractivity contribution in [2.75, 3.05) is 13.7 Å². The third-order valence-electron chi connectivity index (χ3n) is 11.7. The van der Waals surface area contributed by atoms with Crippen LogP contribution in [-0.2, 0) is 82.3 Å². The summed E-state index contributed by atoms with van der Waals surface area (Å²) >= 11 is 0. The zero-order chi connectivity index (χ0) is 44.3. The highest BCUT2D eigenvalue weighted by molar-refractivity contribution is 5.19. The molecule has 65 heavy (non-hydrogen) atoms. The maximum Gasteiger partial charge on any atom is 0.186 e. The Morgan fingerprint density at radius 1 is 0.400 bits per heavy atom.